The van der Waals surface area contributed by atoms with E-state index in [0.29, 0.717) is 16.3 Å². The van der Waals surface area contributed by atoms with E-state index < -0.39 is 5.97 Å². The highest BCUT2D eigenvalue weighted by molar-refractivity contribution is 7.14. The second-order valence-corrected chi connectivity index (χ2v) is 11.2. The summed E-state index contributed by atoms with van der Waals surface area (Å²) in [7, 11) is 2.72. The number of esters is 2. The highest BCUT2D eigenvalue weighted by atomic mass is 32.1. The summed E-state index contributed by atoms with van der Waals surface area (Å²) in [6, 6.07) is 24.4. The predicted octanol–water partition coefficient (Wildman–Crippen LogP) is 8.06. The predicted molar refractivity (Wildman–Crippen MR) is 174 cm³/mol. The molecule has 0 amide bonds. The van der Waals surface area contributed by atoms with Crippen LogP contribution < -0.4 is 10.6 Å². The first-order valence-electron chi connectivity index (χ1n) is 13.4. The fourth-order valence-electron chi connectivity index (χ4n) is 4.43. The number of nitrogens with one attached hydrogen (secondary N) is 2. The van der Waals surface area contributed by atoms with E-state index in [0.717, 1.165) is 50.1 Å². The third-order valence-corrected chi connectivity index (χ3v) is 8.14. The first kappa shape index (κ1) is 28.7. The summed E-state index contributed by atoms with van der Waals surface area (Å²) in [5, 5.41) is 11.9. The zero-order valence-electron chi connectivity index (χ0n) is 23.6. The van der Waals surface area contributed by atoms with Crippen LogP contribution in [0.1, 0.15) is 20.7 Å². The Hall–Kier alpha value is -5.39. The zero-order valence-corrected chi connectivity index (χ0v) is 25.2. The van der Waals surface area contributed by atoms with Crippen LogP contribution in [-0.2, 0) is 9.47 Å². The number of thiazole rings is 2. The van der Waals surface area contributed by atoms with Gasteiger partial charge in [-0.1, -0.05) is 36.4 Å². The van der Waals surface area contributed by atoms with E-state index >= 15 is 0 Å². The van der Waals surface area contributed by atoms with E-state index in [2.05, 4.69) is 21.7 Å². The molecule has 0 aliphatic heterocycles. The number of pyridine rings is 1. The second-order valence-electron chi connectivity index (χ2n) is 9.51. The monoisotopic (exact) mass is 619 g/mol. The summed E-state index contributed by atoms with van der Waals surface area (Å²) < 4.78 is 9.62. The molecule has 0 saturated carbocycles. The van der Waals surface area contributed by atoms with E-state index in [4.69, 9.17) is 19.4 Å². The van der Waals surface area contributed by atoms with Gasteiger partial charge in [-0.3, -0.25) is 4.98 Å². The average molecular weight is 620 g/mol. The fraction of sp³-hybridized carbons (Fsp3) is 0.0606. The van der Waals surface area contributed by atoms with Crippen molar-refractivity contribution in [2.75, 3.05) is 24.9 Å². The molecule has 9 nitrogen and oxygen atoms in total. The van der Waals surface area contributed by atoms with E-state index in [1.54, 1.807) is 42.6 Å². The van der Waals surface area contributed by atoms with Crippen LogP contribution in [0.15, 0.2) is 102 Å². The maximum atomic E-state index is 11.9. The van der Waals surface area contributed by atoms with Crippen molar-refractivity contribution in [2.45, 2.75) is 0 Å². The number of aromatic nitrogens is 3. The number of carbonyl (C=O) groups is 2. The molecule has 6 rings (SSSR count). The molecule has 3 heterocycles. The van der Waals surface area contributed by atoms with Crippen LogP contribution in [-0.4, -0.2) is 41.1 Å². The van der Waals surface area contributed by atoms with Gasteiger partial charge >= 0.3 is 11.9 Å². The number of anilines is 4. The van der Waals surface area contributed by atoms with Crippen molar-refractivity contribution in [1.29, 1.82) is 0 Å². The van der Waals surface area contributed by atoms with Gasteiger partial charge in [0.1, 0.15) is 0 Å². The molecule has 3 aromatic heterocycles. The molecule has 0 radical (unpaired) electrons. The summed E-state index contributed by atoms with van der Waals surface area (Å²) in [6.45, 7) is 0. The molecule has 44 heavy (non-hydrogen) atoms. The van der Waals surface area contributed by atoms with Crippen molar-refractivity contribution in [2.24, 2.45) is 0 Å². The number of carbonyl (C=O) groups excluding carboxylic acids is 2. The van der Waals surface area contributed by atoms with Crippen molar-refractivity contribution in [1.82, 2.24) is 15.0 Å². The number of hydrogen-bond acceptors (Lipinski definition) is 11. The minimum absolute atomic E-state index is 0.387. The van der Waals surface area contributed by atoms with Crippen LogP contribution >= 0.6 is 22.7 Å². The van der Waals surface area contributed by atoms with Gasteiger partial charge in [0.2, 0.25) is 0 Å². The number of ether oxygens (including phenoxy) is 2. The van der Waals surface area contributed by atoms with Crippen molar-refractivity contribution < 1.29 is 19.1 Å². The van der Waals surface area contributed by atoms with Crippen molar-refractivity contribution >= 4 is 56.3 Å². The Balaban J connectivity index is 1.14. The summed E-state index contributed by atoms with van der Waals surface area (Å²) in [5.41, 5.74) is 7.95. The maximum Gasteiger partial charge on any atom is 0.337 e. The van der Waals surface area contributed by atoms with E-state index in [-0.39, 0.29) is 5.97 Å². The fourth-order valence-corrected chi connectivity index (χ4v) is 5.91. The molecule has 0 bridgehead atoms. The van der Waals surface area contributed by atoms with Crippen molar-refractivity contribution in [3.63, 3.8) is 0 Å². The summed E-state index contributed by atoms with van der Waals surface area (Å²) in [4.78, 5) is 37.6. The summed E-state index contributed by atoms with van der Waals surface area (Å²) >= 11 is 2.95. The van der Waals surface area contributed by atoms with Crippen LogP contribution in [0.3, 0.4) is 0 Å². The Bertz CT molecular complexity index is 1950. The smallest absolute Gasteiger partial charge is 0.337 e. The maximum absolute atomic E-state index is 11.9. The zero-order chi connectivity index (χ0) is 30.5. The van der Waals surface area contributed by atoms with Gasteiger partial charge in [-0.05, 0) is 48.0 Å². The molecule has 6 aromatic rings. The molecule has 0 saturated heterocycles. The van der Waals surface area contributed by atoms with Crippen LogP contribution in [0, 0.1) is 0 Å². The molecule has 0 atom stereocenters. The van der Waals surface area contributed by atoms with Gasteiger partial charge in [0, 0.05) is 51.2 Å². The molecule has 3 aromatic carbocycles. The number of nitrogens with zero attached hydrogens (tertiary/aromatic N) is 3. The Morgan fingerprint density at radius 3 is 1.66 bits per heavy atom. The Kier molecular flexibility index (Phi) is 8.39. The largest absolute Gasteiger partial charge is 0.465 e. The first-order valence-corrected chi connectivity index (χ1v) is 15.1. The van der Waals surface area contributed by atoms with Gasteiger partial charge in [-0.15, -0.1) is 22.7 Å². The summed E-state index contributed by atoms with van der Waals surface area (Å²) in [6.07, 6.45) is 3.62. The van der Waals surface area contributed by atoms with Gasteiger partial charge in [0.15, 0.2) is 10.3 Å². The van der Waals surface area contributed by atoms with Gasteiger partial charge in [0.25, 0.3) is 0 Å². The topological polar surface area (TPSA) is 115 Å². The molecule has 2 N–H and O–H groups in total. The minimum Gasteiger partial charge on any atom is -0.465 e. The number of methoxy groups -OCH3 is 2. The highest BCUT2D eigenvalue weighted by Crippen LogP contribution is 2.32. The lowest BCUT2D eigenvalue weighted by molar-refractivity contribution is 0.0592. The number of benzene rings is 3. The quantitative estimate of drug-likeness (QED) is 0.155. The van der Waals surface area contributed by atoms with Crippen LogP contribution in [0.2, 0.25) is 0 Å². The Labute approximate surface area is 261 Å². The molecule has 11 heteroatoms. The number of hydrogen-bond donors (Lipinski definition) is 2. The Morgan fingerprint density at radius 2 is 1.11 bits per heavy atom. The molecular weight excluding hydrogens is 595 g/mol. The van der Waals surface area contributed by atoms with Gasteiger partial charge < -0.3 is 20.1 Å². The summed E-state index contributed by atoms with van der Waals surface area (Å²) in [5.74, 6) is -0.778. The molecule has 218 valence electrons. The van der Waals surface area contributed by atoms with E-state index in [9.17, 15) is 9.59 Å². The van der Waals surface area contributed by atoms with Crippen LogP contribution in [0.25, 0.3) is 33.6 Å². The average Bonchev–Trinajstić information content (AvgIpc) is 3.74. The number of rotatable bonds is 9. The molecule has 0 fully saturated rings. The molecule has 0 unspecified atom stereocenters. The van der Waals surface area contributed by atoms with Gasteiger partial charge in [-0.25, -0.2) is 19.6 Å². The van der Waals surface area contributed by atoms with E-state index in [1.165, 1.54) is 36.9 Å². The lowest BCUT2D eigenvalue weighted by Gasteiger charge is -2.06. The van der Waals surface area contributed by atoms with Crippen molar-refractivity contribution in [3.8, 4) is 33.6 Å². The lowest BCUT2D eigenvalue weighted by Crippen LogP contribution is -2.01. The normalized spacial score (nSPS) is 10.7. The second kappa shape index (κ2) is 12.9. The van der Waals surface area contributed by atoms with Gasteiger partial charge in [0.05, 0.1) is 36.7 Å². The Morgan fingerprint density at radius 1 is 0.614 bits per heavy atom. The molecular formula is C33H25N5O4S2. The molecule has 0 aliphatic rings. The highest BCUT2D eigenvalue weighted by Gasteiger charge is 2.11. The lowest BCUT2D eigenvalue weighted by atomic mass is 10.0. The molecule has 0 aliphatic carbocycles. The van der Waals surface area contributed by atoms with E-state index in [1.807, 2.05) is 53.4 Å². The van der Waals surface area contributed by atoms with Crippen molar-refractivity contribution in [3.05, 3.63) is 113 Å². The first-order chi connectivity index (χ1) is 21.5. The van der Waals surface area contributed by atoms with Gasteiger partial charge in [-0.2, -0.15) is 0 Å². The third kappa shape index (κ3) is 6.48. The van der Waals surface area contributed by atoms with Crippen LogP contribution in [0.5, 0.6) is 0 Å². The standard InChI is InChI=1S/C33H25N5O4S2/c1-41-30(39)22-5-3-7-26(14-22)35-32-37-28(18-43-32)21-11-9-20(10-12-21)24-13-25(17-34-16-24)29-19-44-33(38-29)36-27-8-4-6-23(15-27)31(40)42-2/h3-19H,1-2H3,(H,35,37)(H,36,38). The third-order valence-electron chi connectivity index (χ3n) is 6.63. The van der Waals surface area contributed by atoms with Crippen LogP contribution in [0.4, 0.5) is 21.6 Å². The minimum atomic E-state index is -0.391. The SMILES string of the molecule is COC(=O)c1cccc(Nc2nc(-c3ccc(-c4cncc(-c5csc(Nc6cccc(C(=O)OC)c6)n5)c4)cc3)cs2)c1. The molecule has 0 spiro atoms.